The number of hydrogen-bond acceptors (Lipinski definition) is 3. The summed E-state index contributed by atoms with van der Waals surface area (Å²) in [6.07, 6.45) is 5.09. The number of nitrogens with zero attached hydrogens (tertiary/aromatic N) is 2. The monoisotopic (exact) mass is 279 g/mol. The van der Waals surface area contributed by atoms with Crippen molar-refractivity contribution >= 4 is 5.65 Å². The van der Waals surface area contributed by atoms with Crippen molar-refractivity contribution < 1.29 is 4.74 Å². The summed E-state index contributed by atoms with van der Waals surface area (Å²) < 4.78 is 7.74. The van der Waals surface area contributed by atoms with Crippen LogP contribution in [0, 0.1) is 0 Å². The van der Waals surface area contributed by atoms with Crippen LogP contribution in [0.3, 0.4) is 0 Å². The average Bonchev–Trinajstić information content (AvgIpc) is 2.96. The molecule has 1 aliphatic heterocycles. The molecule has 4 nitrogen and oxygen atoms in total. The van der Waals surface area contributed by atoms with Gasteiger partial charge in [0, 0.05) is 37.0 Å². The minimum absolute atomic E-state index is 0.333. The van der Waals surface area contributed by atoms with Crippen molar-refractivity contribution in [1.82, 2.24) is 14.7 Å². The molecule has 1 atom stereocenters. The molecule has 21 heavy (non-hydrogen) atoms. The fourth-order valence-electron chi connectivity index (χ4n) is 2.85. The number of para-hydroxylation sites is 1. The Balaban J connectivity index is 1.52. The summed E-state index contributed by atoms with van der Waals surface area (Å²) in [6.45, 7) is 1.53. The molecule has 0 radical (unpaired) electrons. The van der Waals surface area contributed by atoms with Gasteiger partial charge in [-0.2, -0.15) is 0 Å². The van der Waals surface area contributed by atoms with Gasteiger partial charge in [-0.1, -0.05) is 24.3 Å². The molecule has 0 saturated carbocycles. The molecular weight excluding hydrogens is 262 g/mol. The summed E-state index contributed by atoms with van der Waals surface area (Å²) in [5.41, 5.74) is 3.29. The Morgan fingerprint density at radius 3 is 3.05 bits per heavy atom. The maximum absolute atomic E-state index is 5.69. The van der Waals surface area contributed by atoms with Crippen molar-refractivity contribution in [1.29, 1.82) is 0 Å². The molecule has 4 rings (SSSR count). The molecular formula is C17H17N3O. The number of hydrogen-bond donors (Lipinski definition) is 1. The van der Waals surface area contributed by atoms with Crippen molar-refractivity contribution in [2.75, 3.05) is 6.61 Å². The number of benzene rings is 1. The molecule has 106 valence electrons. The zero-order valence-corrected chi connectivity index (χ0v) is 11.7. The lowest BCUT2D eigenvalue weighted by atomic mass is 10.0. The molecule has 3 heterocycles. The van der Waals surface area contributed by atoms with Gasteiger partial charge < -0.3 is 14.5 Å². The largest absolute Gasteiger partial charge is 0.493 e. The van der Waals surface area contributed by atoms with Crippen LogP contribution >= 0.6 is 0 Å². The smallest absolute Gasteiger partial charge is 0.137 e. The molecule has 2 aromatic heterocycles. The Labute approximate surface area is 123 Å². The lowest BCUT2D eigenvalue weighted by molar-refractivity contribution is 0.252. The van der Waals surface area contributed by atoms with Crippen LogP contribution < -0.4 is 10.1 Å². The number of rotatable bonds is 3. The zero-order chi connectivity index (χ0) is 14.1. The third-order valence-electron chi connectivity index (χ3n) is 3.90. The predicted molar refractivity (Wildman–Crippen MR) is 81.3 cm³/mol. The minimum Gasteiger partial charge on any atom is -0.493 e. The van der Waals surface area contributed by atoms with E-state index in [4.69, 9.17) is 4.74 Å². The quantitative estimate of drug-likeness (QED) is 0.801. The van der Waals surface area contributed by atoms with Crippen LogP contribution in [-0.2, 0) is 6.54 Å². The number of nitrogens with one attached hydrogen (secondary N) is 1. The molecule has 0 amide bonds. The number of fused-ring (bicyclic) bond motifs is 2. The Hall–Kier alpha value is -2.33. The van der Waals surface area contributed by atoms with Crippen LogP contribution in [0.25, 0.3) is 5.65 Å². The Bertz CT molecular complexity index is 732. The molecule has 0 aliphatic carbocycles. The van der Waals surface area contributed by atoms with E-state index < -0.39 is 0 Å². The first-order chi connectivity index (χ1) is 10.4. The summed E-state index contributed by atoms with van der Waals surface area (Å²) in [7, 11) is 0. The molecule has 0 bridgehead atoms. The normalized spacial score (nSPS) is 17.4. The summed E-state index contributed by atoms with van der Waals surface area (Å²) in [5.74, 6) is 0.997. The summed E-state index contributed by atoms with van der Waals surface area (Å²) in [5, 5.41) is 3.60. The molecule has 1 aromatic carbocycles. The highest BCUT2D eigenvalue weighted by molar-refractivity contribution is 5.40. The van der Waals surface area contributed by atoms with Gasteiger partial charge in [0.05, 0.1) is 12.3 Å². The van der Waals surface area contributed by atoms with Crippen LogP contribution in [0.1, 0.15) is 23.7 Å². The summed E-state index contributed by atoms with van der Waals surface area (Å²) in [6, 6.07) is 14.6. The Morgan fingerprint density at radius 1 is 1.19 bits per heavy atom. The number of aromatic nitrogens is 2. The van der Waals surface area contributed by atoms with Gasteiger partial charge in [-0.05, 0) is 18.2 Å². The topological polar surface area (TPSA) is 38.6 Å². The van der Waals surface area contributed by atoms with Gasteiger partial charge in [-0.25, -0.2) is 4.98 Å². The highest BCUT2D eigenvalue weighted by atomic mass is 16.5. The van der Waals surface area contributed by atoms with Crippen molar-refractivity contribution in [3.05, 3.63) is 66.1 Å². The predicted octanol–water partition coefficient (Wildman–Crippen LogP) is 2.95. The fraction of sp³-hybridized carbons (Fsp3) is 0.235. The number of imidazole rings is 1. The maximum atomic E-state index is 5.69. The first-order valence-electron chi connectivity index (χ1n) is 7.28. The zero-order valence-electron chi connectivity index (χ0n) is 11.7. The van der Waals surface area contributed by atoms with E-state index in [1.807, 2.05) is 36.5 Å². The number of ether oxygens (including phenoxy) is 1. The van der Waals surface area contributed by atoms with E-state index in [-0.39, 0.29) is 0 Å². The van der Waals surface area contributed by atoms with E-state index >= 15 is 0 Å². The minimum atomic E-state index is 0.333. The van der Waals surface area contributed by atoms with Crippen LogP contribution in [0.5, 0.6) is 5.75 Å². The second-order valence-electron chi connectivity index (χ2n) is 5.31. The van der Waals surface area contributed by atoms with Gasteiger partial charge in [0.15, 0.2) is 0 Å². The molecule has 1 unspecified atom stereocenters. The van der Waals surface area contributed by atoms with Crippen molar-refractivity contribution in [2.45, 2.75) is 19.0 Å². The van der Waals surface area contributed by atoms with Gasteiger partial charge in [0.1, 0.15) is 11.4 Å². The molecule has 4 heteroatoms. The van der Waals surface area contributed by atoms with E-state index in [1.54, 1.807) is 0 Å². The number of pyridine rings is 1. The molecule has 1 aliphatic rings. The van der Waals surface area contributed by atoms with E-state index in [2.05, 4.69) is 33.0 Å². The maximum Gasteiger partial charge on any atom is 0.137 e. The molecule has 0 saturated heterocycles. The van der Waals surface area contributed by atoms with Crippen molar-refractivity contribution in [3.63, 3.8) is 0 Å². The van der Waals surface area contributed by atoms with E-state index in [0.717, 1.165) is 36.7 Å². The average molecular weight is 279 g/mol. The van der Waals surface area contributed by atoms with E-state index in [1.165, 1.54) is 5.56 Å². The Kier molecular flexibility index (Phi) is 3.09. The summed E-state index contributed by atoms with van der Waals surface area (Å²) in [4.78, 5) is 4.62. The molecule has 0 spiro atoms. The first-order valence-corrected chi connectivity index (χ1v) is 7.28. The van der Waals surface area contributed by atoms with Crippen LogP contribution in [0.2, 0.25) is 0 Å². The van der Waals surface area contributed by atoms with Crippen LogP contribution in [0.4, 0.5) is 0 Å². The van der Waals surface area contributed by atoms with Crippen molar-refractivity contribution in [3.8, 4) is 5.75 Å². The lowest BCUT2D eigenvalue weighted by Crippen LogP contribution is -2.26. The van der Waals surface area contributed by atoms with E-state index in [0.29, 0.717) is 6.04 Å². The highest BCUT2D eigenvalue weighted by Gasteiger charge is 2.20. The first kappa shape index (κ1) is 12.4. The highest BCUT2D eigenvalue weighted by Crippen LogP contribution is 2.31. The van der Waals surface area contributed by atoms with Crippen LogP contribution in [-0.4, -0.2) is 16.0 Å². The fourth-order valence-corrected chi connectivity index (χ4v) is 2.85. The molecule has 1 N–H and O–H groups in total. The second-order valence-corrected chi connectivity index (χ2v) is 5.31. The third-order valence-corrected chi connectivity index (χ3v) is 3.90. The standard InChI is InChI=1S/C17H17N3O/c1-2-6-16-14(5-1)15(8-10-21-16)18-11-13-12-20-9-4-3-7-17(20)19-13/h1-7,9,12,15,18H,8,10-11H2. The van der Waals surface area contributed by atoms with Gasteiger partial charge >= 0.3 is 0 Å². The second kappa shape index (κ2) is 5.22. The third kappa shape index (κ3) is 2.38. The molecule has 0 fully saturated rings. The van der Waals surface area contributed by atoms with Gasteiger partial charge in [0.2, 0.25) is 0 Å². The summed E-state index contributed by atoms with van der Waals surface area (Å²) >= 11 is 0. The van der Waals surface area contributed by atoms with Crippen LogP contribution in [0.15, 0.2) is 54.9 Å². The molecule has 3 aromatic rings. The van der Waals surface area contributed by atoms with E-state index in [9.17, 15) is 0 Å². The van der Waals surface area contributed by atoms with Crippen molar-refractivity contribution in [2.24, 2.45) is 0 Å². The van der Waals surface area contributed by atoms with Gasteiger partial charge in [0.25, 0.3) is 0 Å². The Morgan fingerprint density at radius 2 is 2.10 bits per heavy atom. The van der Waals surface area contributed by atoms with Gasteiger partial charge in [-0.15, -0.1) is 0 Å². The SMILES string of the molecule is c1ccc2c(c1)OCCC2NCc1cn2ccccc2n1. The lowest BCUT2D eigenvalue weighted by Gasteiger charge is -2.26. The van der Waals surface area contributed by atoms with Gasteiger partial charge in [-0.3, -0.25) is 0 Å².